The maximum absolute atomic E-state index is 10.6. The lowest BCUT2D eigenvalue weighted by Crippen LogP contribution is -2.39. The van der Waals surface area contributed by atoms with Crippen LogP contribution in [0.3, 0.4) is 0 Å². The van der Waals surface area contributed by atoms with Gasteiger partial charge < -0.3 is 5.11 Å². The molecule has 0 amide bonds. The van der Waals surface area contributed by atoms with Gasteiger partial charge in [0, 0.05) is 12.4 Å². The third kappa shape index (κ3) is 1.88. The van der Waals surface area contributed by atoms with E-state index in [2.05, 4.69) is 23.8 Å². The fourth-order valence-corrected chi connectivity index (χ4v) is 2.53. The fraction of sp³-hybridized carbons (Fsp3) is 0.667. The summed E-state index contributed by atoms with van der Waals surface area (Å²) in [6.07, 6.45) is 7.91. The lowest BCUT2D eigenvalue weighted by atomic mass is 9.71. The molecule has 3 unspecified atom stereocenters. The Kier molecular flexibility index (Phi) is 2.74. The molecule has 3 atom stereocenters. The number of hydrogen-bond donors (Lipinski definition) is 1. The van der Waals surface area contributed by atoms with Crippen LogP contribution in [0.25, 0.3) is 0 Å². The van der Waals surface area contributed by atoms with E-state index in [9.17, 15) is 5.11 Å². The summed E-state index contributed by atoms with van der Waals surface area (Å²) in [6.45, 7) is 4.34. The van der Waals surface area contributed by atoms with Crippen LogP contribution in [-0.2, 0) is 5.60 Å². The zero-order valence-corrected chi connectivity index (χ0v) is 9.35. The van der Waals surface area contributed by atoms with Gasteiger partial charge in [-0.25, -0.2) is 0 Å². The normalized spacial score (nSPS) is 36.5. The van der Waals surface area contributed by atoms with Crippen LogP contribution in [0.15, 0.2) is 18.6 Å². The van der Waals surface area contributed by atoms with Crippen LogP contribution >= 0.6 is 0 Å². The van der Waals surface area contributed by atoms with E-state index >= 15 is 0 Å². The van der Waals surface area contributed by atoms with Crippen LogP contribution < -0.4 is 0 Å². The molecule has 82 valence electrons. The molecule has 0 aromatic carbocycles. The lowest BCUT2D eigenvalue weighted by molar-refractivity contribution is -0.0624. The molecular weight excluding hydrogens is 188 g/mol. The molecule has 1 aliphatic carbocycles. The zero-order chi connectivity index (χ0) is 10.9. The van der Waals surface area contributed by atoms with Gasteiger partial charge in [0.25, 0.3) is 0 Å². The molecule has 1 aromatic heterocycles. The maximum Gasteiger partial charge on any atom is 0.111 e. The van der Waals surface area contributed by atoms with Gasteiger partial charge in [0.15, 0.2) is 0 Å². The number of rotatable bonds is 1. The molecule has 0 saturated heterocycles. The molecule has 0 spiro atoms. The van der Waals surface area contributed by atoms with Crippen molar-refractivity contribution >= 4 is 0 Å². The monoisotopic (exact) mass is 206 g/mol. The Morgan fingerprint density at radius 2 is 2.20 bits per heavy atom. The summed E-state index contributed by atoms with van der Waals surface area (Å²) in [5, 5.41) is 10.6. The molecule has 2 rings (SSSR count). The summed E-state index contributed by atoms with van der Waals surface area (Å²) < 4.78 is 0. The van der Waals surface area contributed by atoms with Crippen LogP contribution in [0, 0.1) is 11.8 Å². The third-order valence-corrected chi connectivity index (χ3v) is 3.60. The Morgan fingerprint density at radius 3 is 2.80 bits per heavy atom. The van der Waals surface area contributed by atoms with Gasteiger partial charge in [-0.3, -0.25) is 9.97 Å². The molecule has 0 aliphatic heterocycles. The topological polar surface area (TPSA) is 46.0 Å². The van der Waals surface area contributed by atoms with Crippen molar-refractivity contribution in [3.05, 3.63) is 24.3 Å². The van der Waals surface area contributed by atoms with Crippen molar-refractivity contribution in [1.29, 1.82) is 0 Å². The first-order chi connectivity index (χ1) is 7.13. The van der Waals surface area contributed by atoms with Gasteiger partial charge in [0.1, 0.15) is 5.60 Å². The first-order valence-electron chi connectivity index (χ1n) is 5.62. The van der Waals surface area contributed by atoms with Gasteiger partial charge in [-0.2, -0.15) is 0 Å². The van der Waals surface area contributed by atoms with Crippen LogP contribution in [0.5, 0.6) is 0 Å². The van der Waals surface area contributed by atoms with Crippen LogP contribution in [0.2, 0.25) is 0 Å². The van der Waals surface area contributed by atoms with E-state index in [0.29, 0.717) is 5.92 Å². The van der Waals surface area contributed by atoms with Crippen molar-refractivity contribution in [3.63, 3.8) is 0 Å². The highest BCUT2D eigenvalue weighted by Gasteiger charge is 2.40. The number of nitrogens with zero attached hydrogens (tertiary/aromatic N) is 2. The van der Waals surface area contributed by atoms with E-state index in [-0.39, 0.29) is 5.92 Å². The Labute approximate surface area is 90.6 Å². The van der Waals surface area contributed by atoms with Gasteiger partial charge in [-0.15, -0.1) is 0 Å². The first kappa shape index (κ1) is 10.6. The van der Waals surface area contributed by atoms with Crippen molar-refractivity contribution in [1.82, 2.24) is 9.97 Å². The summed E-state index contributed by atoms with van der Waals surface area (Å²) in [7, 11) is 0. The minimum Gasteiger partial charge on any atom is -0.383 e. The molecular formula is C12H18N2O. The highest BCUT2D eigenvalue weighted by atomic mass is 16.3. The molecule has 0 bridgehead atoms. The predicted octanol–water partition coefficient (Wildman–Crippen LogP) is 2.12. The van der Waals surface area contributed by atoms with Crippen molar-refractivity contribution in [3.8, 4) is 0 Å². The van der Waals surface area contributed by atoms with Crippen LogP contribution in [0.1, 0.15) is 38.8 Å². The maximum atomic E-state index is 10.6. The van der Waals surface area contributed by atoms with Gasteiger partial charge in [-0.1, -0.05) is 13.8 Å². The number of hydrogen-bond acceptors (Lipinski definition) is 3. The average molecular weight is 206 g/mol. The molecule has 3 nitrogen and oxygen atoms in total. The second-order valence-corrected chi connectivity index (χ2v) is 4.80. The lowest BCUT2D eigenvalue weighted by Gasteiger charge is -2.39. The van der Waals surface area contributed by atoms with Gasteiger partial charge in [-0.05, 0) is 31.1 Å². The van der Waals surface area contributed by atoms with E-state index in [1.165, 1.54) is 0 Å². The largest absolute Gasteiger partial charge is 0.383 e. The van der Waals surface area contributed by atoms with E-state index in [0.717, 1.165) is 25.0 Å². The van der Waals surface area contributed by atoms with E-state index in [1.807, 2.05) is 0 Å². The highest BCUT2D eigenvalue weighted by Crippen LogP contribution is 2.42. The third-order valence-electron chi connectivity index (χ3n) is 3.60. The van der Waals surface area contributed by atoms with Crippen LogP contribution in [-0.4, -0.2) is 15.1 Å². The number of aliphatic hydroxyl groups is 1. The van der Waals surface area contributed by atoms with E-state index in [1.54, 1.807) is 18.6 Å². The van der Waals surface area contributed by atoms with E-state index < -0.39 is 5.60 Å². The molecule has 0 radical (unpaired) electrons. The molecule has 15 heavy (non-hydrogen) atoms. The Hall–Kier alpha value is -0.960. The van der Waals surface area contributed by atoms with Gasteiger partial charge >= 0.3 is 0 Å². The summed E-state index contributed by atoms with van der Waals surface area (Å²) in [6, 6.07) is 0. The molecule has 1 heterocycles. The van der Waals surface area contributed by atoms with Crippen LogP contribution in [0.4, 0.5) is 0 Å². The van der Waals surface area contributed by atoms with E-state index in [4.69, 9.17) is 0 Å². The Bertz CT molecular complexity index is 328. The molecule has 1 N–H and O–H groups in total. The fourth-order valence-electron chi connectivity index (χ4n) is 2.53. The van der Waals surface area contributed by atoms with Gasteiger partial charge in [0.2, 0.25) is 0 Å². The molecule has 1 fully saturated rings. The van der Waals surface area contributed by atoms with Crippen molar-refractivity contribution in [2.75, 3.05) is 0 Å². The second-order valence-electron chi connectivity index (χ2n) is 4.80. The molecule has 1 saturated carbocycles. The summed E-state index contributed by atoms with van der Waals surface area (Å²) >= 11 is 0. The van der Waals surface area contributed by atoms with Gasteiger partial charge in [0.05, 0.1) is 11.9 Å². The van der Waals surface area contributed by atoms with Crippen molar-refractivity contribution in [2.24, 2.45) is 11.8 Å². The highest BCUT2D eigenvalue weighted by molar-refractivity contribution is 5.11. The number of aromatic nitrogens is 2. The summed E-state index contributed by atoms with van der Waals surface area (Å²) in [5.41, 5.74) is -0.0368. The minimum atomic E-state index is -0.763. The molecule has 3 heteroatoms. The Morgan fingerprint density at radius 1 is 1.40 bits per heavy atom. The summed E-state index contributed by atoms with van der Waals surface area (Å²) in [5.74, 6) is 0.967. The Balaban J connectivity index is 2.27. The molecule has 1 aromatic rings. The SMILES string of the molecule is CC1CCC(O)(c2cnccn2)C(C)C1. The predicted molar refractivity (Wildman–Crippen MR) is 58.1 cm³/mol. The second kappa shape index (κ2) is 3.89. The quantitative estimate of drug-likeness (QED) is 0.765. The molecule has 1 aliphatic rings. The van der Waals surface area contributed by atoms with Crippen molar-refractivity contribution < 1.29 is 5.11 Å². The standard InChI is InChI=1S/C12H18N2O/c1-9-3-4-12(15,10(2)7-9)11-8-13-5-6-14-11/h5-6,8-10,15H,3-4,7H2,1-2H3. The first-order valence-corrected chi connectivity index (χ1v) is 5.62. The zero-order valence-electron chi connectivity index (χ0n) is 9.35. The smallest absolute Gasteiger partial charge is 0.111 e. The summed E-state index contributed by atoms with van der Waals surface area (Å²) in [4.78, 5) is 8.27. The average Bonchev–Trinajstić information content (AvgIpc) is 2.25. The van der Waals surface area contributed by atoms with Crippen molar-refractivity contribution in [2.45, 2.75) is 38.7 Å². The minimum absolute atomic E-state index is 0.262.